The van der Waals surface area contributed by atoms with E-state index in [1.54, 1.807) is 4.90 Å². The summed E-state index contributed by atoms with van der Waals surface area (Å²) in [4.78, 5) is 104. The van der Waals surface area contributed by atoms with Crippen molar-refractivity contribution >= 4 is 73.9 Å². The molecule has 0 aromatic carbocycles. The molecule has 0 aliphatic carbocycles. The molecule has 27 N–H and O–H groups in total. The predicted molar refractivity (Wildman–Crippen MR) is 166 cm³/mol. The minimum absolute atomic E-state index is 0.0694. The molecule has 0 radical (unpaired) electrons. The van der Waals surface area contributed by atoms with E-state index in [-0.39, 0.29) is 19.8 Å². The van der Waals surface area contributed by atoms with Gasteiger partial charge in [-0.15, -0.1) is 0 Å². The normalized spacial score (nSPS) is 6.83. The molecule has 40 heteroatoms. The number of hydrogen-bond acceptors (Lipinski definition) is 16. The van der Waals surface area contributed by atoms with E-state index in [1.807, 2.05) is 0 Å². The zero-order valence-electron chi connectivity index (χ0n) is 27.7. The molecule has 0 aromatic rings. The van der Waals surface area contributed by atoms with Crippen LogP contribution in [0.3, 0.4) is 0 Å². The van der Waals surface area contributed by atoms with Crippen LogP contribution in [0.25, 0.3) is 0 Å². The minimum Gasteiger partial charge on any atom is -0.450 e. The molecule has 40 nitrogen and oxygen atoms in total. The SMILES string of the molecule is O=C(O)O.O=C(O)O.O=C(O)O.O=C(O)O.O=C(O)O.O=C(O)O.O=C(O)O.O=C(O)O.O=C(O)O.O=C(O)O.O=C(O)O.O=C(O)O.OCCN(CCO)CCO. The Hall–Kier alpha value is -8.92. The minimum atomic E-state index is -1.83. The summed E-state index contributed by atoms with van der Waals surface area (Å²) in [6, 6.07) is 0. The Balaban J connectivity index is -0.0000000349. The second-order valence-corrected chi connectivity index (χ2v) is 5.40. The highest BCUT2D eigenvalue weighted by Crippen LogP contribution is 1.84. The Bertz CT molecular complexity index is 717. The third-order valence-electron chi connectivity index (χ3n) is 1.25. The number of rotatable bonds is 6. The molecule has 0 aromatic heterocycles. The molecular formula is C18H39NO39. The summed E-state index contributed by atoms with van der Waals surface area (Å²) in [5, 5.41) is 193. The van der Waals surface area contributed by atoms with Gasteiger partial charge in [0.15, 0.2) is 0 Å². The Morgan fingerprint density at radius 1 is 0.207 bits per heavy atom. The first-order valence-corrected chi connectivity index (χ1v) is 11.2. The van der Waals surface area contributed by atoms with Crippen molar-refractivity contribution < 1.29 is 195 Å². The third-order valence-corrected chi connectivity index (χ3v) is 1.25. The van der Waals surface area contributed by atoms with Crippen LogP contribution in [0.15, 0.2) is 0 Å². The van der Waals surface area contributed by atoms with Crippen LogP contribution in [0.5, 0.6) is 0 Å². The van der Waals surface area contributed by atoms with Crippen LogP contribution in [0.2, 0.25) is 0 Å². The summed E-state index contributed by atoms with van der Waals surface area (Å²) in [5.41, 5.74) is 0. The lowest BCUT2D eigenvalue weighted by Crippen LogP contribution is -2.32. The largest absolute Gasteiger partial charge is 0.503 e. The van der Waals surface area contributed by atoms with E-state index in [4.69, 9.17) is 195 Å². The van der Waals surface area contributed by atoms with Gasteiger partial charge in [-0.25, -0.2) is 57.5 Å². The summed E-state index contributed by atoms with van der Waals surface area (Å²) < 4.78 is 0. The summed E-state index contributed by atoms with van der Waals surface area (Å²) in [6.07, 6.45) is -22.0. The van der Waals surface area contributed by atoms with Gasteiger partial charge in [0, 0.05) is 19.6 Å². The van der Waals surface area contributed by atoms with Crippen molar-refractivity contribution in [2.75, 3.05) is 39.5 Å². The van der Waals surface area contributed by atoms with Crippen LogP contribution < -0.4 is 0 Å². The van der Waals surface area contributed by atoms with Crippen LogP contribution in [-0.2, 0) is 0 Å². The Morgan fingerprint density at radius 3 is 0.293 bits per heavy atom. The van der Waals surface area contributed by atoms with Crippen molar-refractivity contribution in [1.29, 1.82) is 0 Å². The highest BCUT2D eigenvalue weighted by molar-refractivity contribution is 5.55. The Morgan fingerprint density at radius 2 is 0.259 bits per heavy atom. The van der Waals surface area contributed by atoms with Crippen molar-refractivity contribution in [2.45, 2.75) is 0 Å². The lowest BCUT2D eigenvalue weighted by molar-refractivity contribution is 0.135. The lowest BCUT2D eigenvalue weighted by atomic mass is 10.4. The lowest BCUT2D eigenvalue weighted by Gasteiger charge is -2.17. The van der Waals surface area contributed by atoms with E-state index in [0.29, 0.717) is 19.6 Å². The summed E-state index contributed by atoms with van der Waals surface area (Å²) >= 11 is 0. The quantitative estimate of drug-likeness (QED) is 0.176. The average Bonchev–Trinajstić information content (AvgIpc) is 2.85. The van der Waals surface area contributed by atoms with Gasteiger partial charge in [0.25, 0.3) is 0 Å². The van der Waals surface area contributed by atoms with Crippen molar-refractivity contribution in [2.24, 2.45) is 0 Å². The van der Waals surface area contributed by atoms with Crippen LogP contribution in [0, 0.1) is 0 Å². The fourth-order valence-electron chi connectivity index (χ4n) is 0.760. The summed E-state index contributed by atoms with van der Waals surface area (Å²) in [7, 11) is 0. The monoisotopic (exact) mass is 893 g/mol. The molecule has 0 bridgehead atoms. The number of carboxylic acid groups (broad SMARTS) is 24. The van der Waals surface area contributed by atoms with Gasteiger partial charge in [-0.3, -0.25) is 4.90 Å². The number of aliphatic hydroxyl groups is 3. The molecule has 58 heavy (non-hydrogen) atoms. The molecule has 0 aliphatic heterocycles. The molecule has 350 valence electrons. The molecule has 0 saturated carbocycles. The first kappa shape index (κ1) is 87.2. The van der Waals surface area contributed by atoms with E-state index >= 15 is 0 Å². The van der Waals surface area contributed by atoms with Crippen molar-refractivity contribution in [3.05, 3.63) is 0 Å². The molecule has 0 aliphatic rings. The van der Waals surface area contributed by atoms with E-state index in [9.17, 15) is 0 Å². The molecule has 0 rings (SSSR count). The second-order valence-electron chi connectivity index (χ2n) is 5.40. The fraction of sp³-hybridized carbons (Fsp3) is 0.333. The van der Waals surface area contributed by atoms with Crippen LogP contribution in [0.1, 0.15) is 0 Å². The van der Waals surface area contributed by atoms with Crippen molar-refractivity contribution in [1.82, 2.24) is 4.90 Å². The zero-order valence-corrected chi connectivity index (χ0v) is 27.7. The van der Waals surface area contributed by atoms with E-state index in [1.165, 1.54) is 0 Å². The first-order valence-electron chi connectivity index (χ1n) is 11.2. The average molecular weight is 893 g/mol. The van der Waals surface area contributed by atoms with Crippen molar-refractivity contribution in [3.8, 4) is 0 Å². The van der Waals surface area contributed by atoms with Gasteiger partial charge in [-0.05, 0) is 0 Å². The first-order chi connectivity index (χ1) is 25.6. The predicted octanol–water partition coefficient (Wildman–Crippen LogP) is 0.934. The maximum absolute atomic E-state index is 8.56. The van der Waals surface area contributed by atoms with Gasteiger partial charge in [0.1, 0.15) is 0 Å². The van der Waals surface area contributed by atoms with E-state index < -0.39 is 73.9 Å². The van der Waals surface area contributed by atoms with Crippen molar-refractivity contribution in [3.63, 3.8) is 0 Å². The van der Waals surface area contributed by atoms with Gasteiger partial charge < -0.3 is 138 Å². The number of nitrogens with zero attached hydrogens (tertiary/aromatic N) is 1. The number of hydrogen-bond donors (Lipinski definition) is 27. The van der Waals surface area contributed by atoms with Crippen LogP contribution in [0.4, 0.5) is 57.5 Å². The van der Waals surface area contributed by atoms with Crippen LogP contribution in [-0.4, -0.2) is 256 Å². The molecule has 0 amide bonds. The molecular weight excluding hydrogens is 854 g/mol. The number of aliphatic hydroxyl groups excluding tert-OH is 3. The second kappa shape index (κ2) is 81.9. The molecule has 0 spiro atoms. The standard InChI is InChI=1S/C6H15NO3.12CH2O3/c8-4-1-7(2-5-9)3-6-10;12*2-1(3)4/h8-10H,1-6H2;12*(H2,2,3,4). The van der Waals surface area contributed by atoms with Gasteiger partial charge in [-0.1, -0.05) is 0 Å². The third kappa shape index (κ3) is 15600000. The topological polar surface area (TPSA) is 754 Å². The molecule has 0 atom stereocenters. The van der Waals surface area contributed by atoms with Gasteiger partial charge in [0.05, 0.1) is 19.8 Å². The molecule has 0 fully saturated rings. The molecule has 0 heterocycles. The van der Waals surface area contributed by atoms with Gasteiger partial charge >= 0.3 is 73.9 Å². The zero-order chi connectivity index (χ0) is 50.7. The highest BCUT2D eigenvalue weighted by atomic mass is 16.6. The van der Waals surface area contributed by atoms with Crippen LogP contribution >= 0.6 is 0 Å². The van der Waals surface area contributed by atoms with Gasteiger partial charge in [0.2, 0.25) is 0 Å². The van der Waals surface area contributed by atoms with E-state index in [2.05, 4.69) is 0 Å². The summed E-state index contributed by atoms with van der Waals surface area (Å²) in [6.45, 7) is 1.75. The van der Waals surface area contributed by atoms with E-state index in [0.717, 1.165) is 0 Å². The Kier molecular flexibility index (Phi) is 123. The fourth-order valence-corrected chi connectivity index (χ4v) is 0.760. The van der Waals surface area contributed by atoms with Gasteiger partial charge in [-0.2, -0.15) is 0 Å². The molecule has 0 saturated heterocycles. The Labute approximate surface area is 314 Å². The highest BCUT2D eigenvalue weighted by Gasteiger charge is 2.00. The smallest absolute Gasteiger partial charge is 0.450 e. The number of carbonyl (C=O) groups is 12. The maximum atomic E-state index is 8.56. The summed E-state index contributed by atoms with van der Waals surface area (Å²) in [5.74, 6) is 0. The maximum Gasteiger partial charge on any atom is 0.503 e. The molecule has 0 unspecified atom stereocenters.